The second kappa shape index (κ2) is 8.06. The van der Waals surface area contributed by atoms with Gasteiger partial charge in [0.25, 0.3) is 0 Å². The van der Waals surface area contributed by atoms with Crippen molar-refractivity contribution >= 4 is 0 Å². The minimum Gasteiger partial charge on any atom is -0.392 e. The molecule has 120 valence electrons. The molecule has 0 heterocycles. The Kier molecular flexibility index (Phi) is 6.39. The summed E-state index contributed by atoms with van der Waals surface area (Å²) in [5.74, 6) is 3.43. The number of allylic oxidation sites excluding steroid dienone is 2. The van der Waals surface area contributed by atoms with Gasteiger partial charge >= 0.3 is 0 Å². The summed E-state index contributed by atoms with van der Waals surface area (Å²) in [4.78, 5) is 0. The highest BCUT2D eigenvalue weighted by atomic mass is 14.8. The van der Waals surface area contributed by atoms with E-state index in [1.807, 2.05) is 7.05 Å². The highest BCUT2D eigenvalue weighted by molar-refractivity contribution is 5.05. The quantitative estimate of drug-likeness (QED) is 0.619. The van der Waals surface area contributed by atoms with Gasteiger partial charge in [0.1, 0.15) is 0 Å². The molecule has 2 aliphatic rings. The second-order valence-electron chi connectivity index (χ2n) is 7.48. The summed E-state index contributed by atoms with van der Waals surface area (Å²) in [7, 11) is 2.00. The minimum absolute atomic E-state index is 0.708. The van der Waals surface area contributed by atoms with Crippen LogP contribution in [0.1, 0.15) is 71.1 Å². The van der Waals surface area contributed by atoms with Crippen LogP contribution >= 0.6 is 0 Å². The van der Waals surface area contributed by atoms with Gasteiger partial charge in [-0.05, 0) is 81.5 Å². The van der Waals surface area contributed by atoms with E-state index < -0.39 is 0 Å². The number of hydrogen-bond donors (Lipinski definition) is 1. The van der Waals surface area contributed by atoms with Crippen LogP contribution in [0, 0.1) is 23.7 Å². The molecule has 0 unspecified atom stereocenters. The fraction of sp³-hybridized carbons (Fsp3) is 0.800. The normalized spacial score (nSPS) is 33.4. The Hall–Kier alpha value is -0.720. The molecule has 2 rings (SSSR count). The first-order chi connectivity index (χ1) is 10.1. The third-order valence-corrected chi connectivity index (χ3v) is 6.21. The maximum Gasteiger partial charge on any atom is 0.00625 e. The average Bonchev–Trinajstić information content (AvgIpc) is 2.55. The van der Waals surface area contributed by atoms with Crippen LogP contribution in [0.25, 0.3) is 0 Å². The first-order valence-electron chi connectivity index (χ1n) is 9.18. The first kappa shape index (κ1) is 16.6. The van der Waals surface area contributed by atoms with Crippen molar-refractivity contribution in [2.75, 3.05) is 7.05 Å². The fourth-order valence-electron chi connectivity index (χ4n) is 4.44. The SMILES string of the molecule is C=C(CC1CCC(C(=C)NC)CC1)C1CCC(CC)CC1. The fourth-order valence-corrected chi connectivity index (χ4v) is 4.44. The molecule has 1 N–H and O–H groups in total. The van der Waals surface area contributed by atoms with Gasteiger partial charge in [-0.2, -0.15) is 0 Å². The summed E-state index contributed by atoms with van der Waals surface area (Å²) in [6, 6.07) is 0. The molecule has 1 nitrogen and oxygen atoms in total. The van der Waals surface area contributed by atoms with Crippen molar-refractivity contribution in [3.8, 4) is 0 Å². The van der Waals surface area contributed by atoms with Crippen LogP contribution in [0.3, 0.4) is 0 Å². The van der Waals surface area contributed by atoms with Gasteiger partial charge in [-0.1, -0.05) is 32.1 Å². The van der Waals surface area contributed by atoms with Gasteiger partial charge in [-0.25, -0.2) is 0 Å². The zero-order valence-corrected chi connectivity index (χ0v) is 14.3. The molecule has 0 aromatic heterocycles. The molecule has 0 saturated heterocycles. The van der Waals surface area contributed by atoms with Crippen molar-refractivity contribution in [1.82, 2.24) is 5.32 Å². The van der Waals surface area contributed by atoms with Crippen molar-refractivity contribution < 1.29 is 0 Å². The number of nitrogens with one attached hydrogen (secondary N) is 1. The lowest BCUT2D eigenvalue weighted by atomic mass is 9.73. The highest BCUT2D eigenvalue weighted by Gasteiger charge is 2.26. The summed E-state index contributed by atoms with van der Waals surface area (Å²) in [5.41, 5.74) is 2.81. The van der Waals surface area contributed by atoms with E-state index >= 15 is 0 Å². The minimum atomic E-state index is 0.708. The van der Waals surface area contributed by atoms with E-state index in [9.17, 15) is 0 Å². The highest BCUT2D eigenvalue weighted by Crippen LogP contribution is 2.40. The zero-order chi connectivity index (χ0) is 15.2. The largest absolute Gasteiger partial charge is 0.392 e. The monoisotopic (exact) mass is 289 g/mol. The number of rotatable bonds is 6. The molecule has 0 aromatic rings. The van der Waals surface area contributed by atoms with Crippen LogP contribution < -0.4 is 5.32 Å². The van der Waals surface area contributed by atoms with Gasteiger partial charge in [0.05, 0.1) is 0 Å². The maximum absolute atomic E-state index is 4.46. The van der Waals surface area contributed by atoms with Gasteiger partial charge < -0.3 is 5.32 Å². The molecule has 2 fully saturated rings. The van der Waals surface area contributed by atoms with Crippen LogP contribution in [-0.2, 0) is 0 Å². The van der Waals surface area contributed by atoms with E-state index in [4.69, 9.17) is 0 Å². The van der Waals surface area contributed by atoms with Crippen molar-refractivity contribution in [3.05, 3.63) is 24.4 Å². The Morgan fingerprint density at radius 1 is 0.857 bits per heavy atom. The van der Waals surface area contributed by atoms with Crippen LogP contribution in [0.2, 0.25) is 0 Å². The van der Waals surface area contributed by atoms with E-state index in [-0.39, 0.29) is 0 Å². The predicted octanol–water partition coefficient (Wildman–Crippen LogP) is 5.69. The summed E-state index contributed by atoms with van der Waals surface area (Å²) in [5, 5.41) is 3.24. The summed E-state index contributed by atoms with van der Waals surface area (Å²) >= 11 is 0. The smallest absolute Gasteiger partial charge is 0.00625 e. The molecule has 2 saturated carbocycles. The summed E-state index contributed by atoms with van der Waals surface area (Å²) in [6.07, 6.45) is 13.7. The van der Waals surface area contributed by atoms with Crippen LogP contribution in [0.15, 0.2) is 24.4 Å². The lowest BCUT2D eigenvalue weighted by molar-refractivity contribution is 0.263. The average molecular weight is 290 g/mol. The standard InChI is InChI=1S/C20H35N/c1-5-17-6-10-19(11-7-17)15(2)14-18-8-12-20(13-9-18)16(3)21-4/h17-21H,2-3,5-14H2,1,4H3. The van der Waals surface area contributed by atoms with E-state index in [1.54, 1.807) is 5.57 Å². The molecule has 0 spiro atoms. The van der Waals surface area contributed by atoms with Crippen LogP contribution in [-0.4, -0.2) is 7.05 Å². The third-order valence-electron chi connectivity index (χ3n) is 6.21. The summed E-state index contributed by atoms with van der Waals surface area (Å²) in [6.45, 7) is 11.0. The first-order valence-corrected chi connectivity index (χ1v) is 9.18. The molecule has 2 aliphatic carbocycles. The molecule has 0 atom stereocenters. The Morgan fingerprint density at radius 2 is 1.38 bits per heavy atom. The Labute approximate surface area is 132 Å². The van der Waals surface area contributed by atoms with Crippen molar-refractivity contribution in [2.24, 2.45) is 23.7 Å². The molecule has 1 heteroatoms. The Morgan fingerprint density at radius 3 is 1.90 bits per heavy atom. The Bertz CT molecular complexity index is 341. The van der Waals surface area contributed by atoms with Crippen LogP contribution in [0.4, 0.5) is 0 Å². The van der Waals surface area contributed by atoms with Crippen molar-refractivity contribution in [2.45, 2.75) is 71.1 Å². The van der Waals surface area contributed by atoms with Gasteiger partial charge in [-0.15, -0.1) is 0 Å². The van der Waals surface area contributed by atoms with E-state index in [2.05, 4.69) is 25.4 Å². The van der Waals surface area contributed by atoms with Gasteiger partial charge in [0, 0.05) is 12.7 Å². The molecule has 0 amide bonds. The third kappa shape index (κ3) is 4.63. The molecule has 0 radical (unpaired) electrons. The maximum atomic E-state index is 4.46. The van der Waals surface area contributed by atoms with Crippen LogP contribution in [0.5, 0.6) is 0 Å². The Balaban J connectivity index is 1.71. The topological polar surface area (TPSA) is 12.0 Å². The molecule has 0 aliphatic heterocycles. The zero-order valence-electron chi connectivity index (χ0n) is 14.3. The van der Waals surface area contributed by atoms with E-state index in [0.29, 0.717) is 5.92 Å². The predicted molar refractivity (Wildman–Crippen MR) is 93.1 cm³/mol. The molecular weight excluding hydrogens is 254 g/mol. The molecule has 0 bridgehead atoms. The lowest BCUT2D eigenvalue weighted by Crippen LogP contribution is -2.23. The van der Waals surface area contributed by atoms with Crippen molar-refractivity contribution in [3.63, 3.8) is 0 Å². The van der Waals surface area contributed by atoms with Gasteiger partial charge in [-0.3, -0.25) is 0 Å². The molecule has 21 heavy (non-hydrogen) atoms. The lowest BCUT2D eigenvalue weighted by Gasteiger charge is -2.33. The van der Waals surface area contributed by atoms with E-state index in [0.717, 1.165) is 17.8 Å². The van der Waals surface area contributed by atoms with Crippen molar-refractivity contribution in [1.29, 1.82) is 0 Å². The van der Waals surface area contributed by atoms with E-state index in [1.165, 1.54) is 69.9 Å². The van der Waals surface area contributed by atoms with Gasteiger partial charge in [0.15, 0.2) is 0 Å². The second-order valence-corrected chi connectivity index (χ2v) is 7.48. The molecular formula is C20H35N. The number of hydrogen-bond acceptors (Lipinski definition) is 1. The summed E-state index contributed by atoms with van der Waals surface area (Å²) < 4.78 is 0. The van der Waals surface area contributed by atoms with Gasteiger partial charge in [0.2, 0.25) is 0 Å². The molecule has 0 aromatic carbocycles.